The lowest BCUT2D eigenvalue weighted by Gasteiger charge is -2.07. The number of hydrogen-bond acceptors (Lipinski definition) is 2. The molecule has 0 aliphatic rings. The highest BCUT2D eigenvalue weighted by Crippen LogP contribution is 2.00. The van der Waals surface area contributed by atoms with E-state index in [1.807, 2.05) is 30.3 Å². The maximum Gasteiger partial charge on any atom is 0.0717 e. The van der Waals surface area contributed by atoms with Gasteiger partial charge in [0.1, 0.15) is 0 Å². The Hall–Kier alpha value is -1.12. The van der Waals surface area contributed by atoms with Crippen LogP contribution in [-0.2, 0) is 11.3 Å². The number of benzene rings is 1. The van der Waals surface area contributed by atoms with Crippen LogP contribution in [0.3, 0.4) is 0 Å². The number of nitrogens with two attached hydrogens (primary N) is 1. The highest BCUT2D eigenvalue weighted by Gasteiger charge is 1.96. The third kappa shape index (κ3) is 3.87. The summed E-state index contributed by atoms with van der Waals surface area (Å²) in [7, 11) is 0. The van der Waals surface area contributed by atoms with Crippen molar-refractivity contribution >= 4 is 0 Å². The lowest BCUT2D eigenvalue weighted by Crippen LogP contribution is -2.22. The van der Waals surface area contributed by atoms with Crippen molar-refractivity contribution in [2.75, 3.05) is 6.61 Å². The van der Waals surface area contributed by atoms with Crippen LogP contribution in [0.15, 0.2) is 43.0 Å². The van der Waals surface area contributed by atoms with Crippen molar-refractivity contribution in [1.29, 1.82) is 0 Å². The Labute approximate surface area is 79.0 Å². The molecule has 0 amide bonds. The molecular weight excluding hydrogens is 162 g/mol. The van der Waals surface area contributed by atoms with E-state index in [-0.39, 0.29) is 6.04 Å². The highest BCUT2D eigenvalue weighted by molar-refractivity contribution is 5.13. The summed E-state index contributed by atoms with van der Waals surface area (Å²) in [6.07, 6.45) is 1.69. The van der Waals surface area contributed by atoms with Crippen molar-refractivity contribution in [3.8, 4) is 0 Å². The predicted octanol–water partition coefficient (Wildman–Crippen LogP) is 1.72. The van der Waals surface area contributed by atoms with Crippen LogP contribution in [0.1, 0.15) is 5.56 Å². The van der Waals surface area contributed by atoms with E-state index in [2.05, 4.69) is 6.58 Å². The molecule has 13 heavy (non-hydrogen) atoms. The molecule has 0 saturated carbocycles. The average Bonchev–Trinajstić information content (AvgIpc) is 2.19. The molecular formula is C11H15NO. The molecule has 2 nitrogen and oxygen atoms in total. The molecule has 1 unspecified atom stereocenters. The maximum absolute atomic E-state index is 5.59. The van der Waals surface area contributed by atoms with E-state index in [1.54, 1.807) is 6.08 Å². The molecule has 0 saturated heterocycles. The van der Waals surface area contributed by atoms with Crippen LogP contribution in [-0.4, -0.2) is 12.6 Å². The first-order valence-electron chi connectivity index (χ1n) is 4.32. The van der Waals surface area contributed by atoms with Crippen molar-refractivity contribution in [3.05, 3.63) is 48.6 Å². The van der Waals surface area contributed by atoms with Crippen LogP contribution >= 0.6 is 0 Å². The van der Waals surface area contributed by atoms with E-state index in [0.717, 1.165) is 0 Å². The van der Waals surface area contributed by atoms with Gasteiger partial charge in [-0.25, -0.2) is 0 Å². The Balaban J connectivity index is 2.24. The second kappa shape index (κ2) is 5.51. The molecule has 70 valence electrons. The summed E-state index contributed by atoms with van der Waals surface area (Å²) in [5.74, 6) is 0. The largest absolute Gasteiger partial charge is 0.375 e. The summed E-state index contributed by atoms with van der Waals surface area (Å²) in [6, 6.07) is 9.96. The molecule has 1 aromatic carbocycles. The minimum atomic E-state index is -0.0660. The lowest BCUT2D eigenvalue weighted by molar-refractivity contribution is 0.116. The molecule has 0 heterocycles. The molecule has 0 radical (unpaired) electrons. The van der Waals surface area contributed by atoms with E-state index >= 15 is 0 Å². The van der Waals surface area contributed by atoms with Gasteiger partial charge in [0, 0.05) is 6.04 Å². The molecule has 0 aromatic heterocycles. The Kier molecular flexibility index (Phi) is 4.23. The zero-order valence-corrected chi connectivity index (χ0v) is 7.65. The minimum absolute atomic E-state index is 0.0660. The van der Waals surface area contributed by atoms with Gasteiger partial charge < -0.3 is 10.5 Å². The van der Waals surface area contributed by atoms with Crippen molar-refractivity contribution in [2.24, 2.45) is 5.73 Å². The maximum atomic E-state index is 5.59. The molecule has 2 N–H and O–H groups in total. The van der Waals surface area contributed by atoms with Gasteiger partial charge in [0.25, 0.3) is 0 Å². The Morgan fingerprint density at radius 3 is 2.69 bits per heavy atom. The second-order valence-electron chi connectivity index (χ2n) is 2.90. The van der Waals surface area contributed by atoms with E-state index in [1.165, 1.54) is 5.56 Å². The fourth-order valence-electron chi connectivity index (χ4n) is 0.955. The number of ether oxygens (including phenoxy) is 1. The minimum Gasteiger partial charge on any atom is -0.375 e. The van der Waals surface area contributed by atoms with Crippen LogP contribution in [0.25, 0.3) is 0 Å². The average molecular weight is 177 g/mol. The third-order valence-electron chi connectivity index (χ3n) is 1.72. The van der Waals surface area contributed by atoms with Crippen LogP contribution in [0.2, 0.25) is 0 Å². The third-order valence-corrected chi connectivity index (χ3v) is 1.72. The number of rotatable bonds is 5. The summed E-state index contributed by atoms with van der Waals surface area (Å²) in [4.78, 5) is 0. The van der Waals surface area contributed by atoms with Gasteiger partial charge in [-0.3, -0.25) is 0 Å². The zero-order valence-electron chi connectivity index (χ0n) is 7.65. The molecule has 0 spiro atoms. The molecule has 0 fully saturated rings. The molecule has 0 aliphatic heterocycles. The van der Waals surface area contributed by atoms with Crippen molar-refractivity contribution < 1.29 is 4.74 Å². The molecule has 0 bridgehead atoms. The Bertz CT molecular complexity index is 246. The fraction of sp³-hybridized carbons (Fsp3) is 0.273. The zero-order chi connectivity index (χ0) is 9.52. The summed E-state index contributed by atoms with van der Waals surface area (Å²) in [5, 5.41) is 0. The lowest BCUT2D eigenvalue weighted by atomic mass is 10.2. The quantitative estimate of drug-likeness (QED) is 0.695. The van der Waals surface area contributed by atoms with Crippen LogP contribution in [0.5, 0.6) is 0 Å². The van der Waals surface area contributed by atoms with Gasteiger partial charge in [-0.1, -0.05) is 36.4 Å². The molecule has 1 aromatic rings. The summed E-state index contributed by atoms with van der Waals surface area (Å²) in [6.45, 7) is 4.72. The SMILES string of the molecule is C=CC(N)COCc1ccccc1. The van der Waals surface area contributed by atoms with E-state index in [0.29, 0.717) is 13.2 Å². The summed E-state index contributed by atoms with van der Waals surface area (Å²) in [5.41, 5.74) is 6.76. The van der Waals surface area contributed by atoms with E-state index in [9.17, 15) is 0 Å². The van der Waals surface area contributed by atoms with Gasteiger partial charge in [-0.05, 0) is 5.56 Å². The first-order valence-corrected chi connectivity index (χ1v) is 4.32. The number of hydrogen-bond donors (Lipinski definition) is 1. The second-order valence-corrected chi connectivity index (χ2v) is 2.90. The van der Waals surface area contributed by atoms with Gasteiger partial charge in [-0.2, -0.15) is 0 Å². The molecule has 1 rings (SSSR count). The van der Waals surface area contributed by atoms with Crippen molar-refractivity contribution in [2.45, 2.75) is 12.6 Å². The van der Waals surface area contributed by atoms with Crippen LogP contribution in [0, 0.1) is 0 Å². The van der Waals surface area contributed by atoms with Gasteiger partial charge in [-0.15, -0.1) is 6.58 Å². The summed E-state index contributed by atoms with van der Waals surface area (Å²) < 4.78 is 5.38. The molecule has 1 atom stereocenters. The van der Waals surface area contributed by atoms with Gasteiger partial charge in [0.05, 0.1) is 13.2 Å². The molecule has 2 heteroatoms. The topological polar surface area (TPSA) is 35.2 Å². The Morgan fingerprint density at radius 2 is 2.08 bits per heavy atom. The van der Waals surface area contributed by atoms with Gasteiger partial charge in [0.15, 0.2) is 0 Å². The van der Waals surface area contributed by atoms with Crippen LogP contribution < -0.4 is 5.73 Å². The normalized spacial score (nSPS) is 12.4. The van der Waals surface area contributed by atoms with Crippen molar-refractivity contribution in [3.63, 3.8) is 0 Å². The van der Waals surface area contributed by atoms with Crippen LogP contribution in [0.4, 0.5) is 0 Å². The fourth-order valence-corrected chi connectivity index (χ4v) is 0.955. The van der Waals surface area contributed by atoms with Gasteiger partial charge >= 0.3 is 0 Å². The molecule has 0 aliphatic carbocycles. The van der Waals surface area contributed by atoms with Crippen molar-refractivity contribution in [1.82, 2.24) is 0 Å². The van der Waals surface area contributed by atoms with E-state index < -0.39 is 0 Å². The Morgan fingerprint density at radius 1 is 1.38 bits per heavy atom. The standard InChI is InChI=1S/C11H15NO/c1-2-11(12)9-13-8-10-6-4-3-5-7-10/h2-7,11H,1,8-9,12H2. The van der Waals surface area contributed by atoms with E-state index in [4.69, 9.17) is 10.5 Å². The summed E-state index contributed by atoms with van der Waals surface area (Å²) >= 11 is 0. The van der Waals surface area contributed by atoms with Gasteiger partial charge in [0.2, 0.25) is 0 Å². The smallest absolute Gasteiger partial charge is 0.0717 e. The monoisotopic (exact) mass is 177 g/mol. The predicted molar refractivity (Wildman–Crippen MR) is 54.3 cm³/mol. The first kappa shape index (κ1) is 9.96. The highest BCUT2D eigenvalue weighted by atomic mass is 16.5. The first-order chi connectivity index (χ1) is 6.33.